The predicted molar refractivity (Wildman–Crippen MR) is 114 cm³/mol. The smallest absolute Gasteiger partial charge is 0.267 e. The highest BCUT2D eigenvalue weighted by Crippen LogP contribution is 2.32. The summed E-state index contributed by atoms with van der Waals surface area (Å²) in [4.78, 5) is 18.1. The summed E-state index contributed by atoms with van der Waals surface area (Å²) in [5.41, 5.74) is 2.77. The first-order chi connectivity index (χ1) is 13.1. The molecule has 3 aromatic rings. The van der Waals surface area contributed by atoms with Crippen LogP contribution in [0.2, 0.25) is 0 Å². The highest BCUT2D eigenvalue weighted by molar-refractivity contribution is 9.10. The molecular formula is C22H22BrN3O. The minimum absolute atomic E-state index is 0.105. The third-order valence-electron chi connectivity index (χ3n) is 5.30. The molecule has 0 bridgehead atoms. The van der Waals surface area contributed by atoms with Gasteiger partial charge in [0.05, 0.1) is 17.1 Å². The second-order valence-electron chi connectivity index (χ2n) is 7.18. The summed E-state index contributed by atoms with van der Waals surface area (Å²) in [5, 5.41) is 5.18. The van der Waals surface area contributed by atoms with Crippen molar-refractivity contribution in [1.82, 2.24) is 9.66 Å². The van der Waals surface area contributed by atoms with Gasteiger partial charge < -0.3 is 0 Å². The third kappa shape index (κ3) is 3.74. The second-order valence-corrected chi connectivity index (χ2v) is 8.10. The summed E-state index contributed by atoms with van der Waals surface area (Å²) in [6.45, 7) is 2.04. The first kappa shape index (κ1) is 18.1. The molecule has 0 unspecified atom stereocenters. The van der Waals surface area contributed by atoms with Gasteiger partial charge in [-0.1, -0.05) is 59.5 Å². The molecule has 0 amide bonds. The maximum absolute atomic E-state index is 13.2. The van der Waals surface area contributed by atoms with Crippen LogP contribution in [0.25, 0.3) is 10.9 Å². The molecule has 1 heterocycles. The average Bonchev–Trinajstić information content (AvgIpc) is 2.69. The van der Waals surface area contributed by atoms with Crippen LogP contribution in [0.15, 0.2) is 56.8 Å². The van der Waals surface area contributed by atoms with Gasteiger partial charge in [0.2, 0.25) is 0 Å². The number of benzene rings is 2. The number of aryl methyl sites for hydroxylation is 1. The van der Waals surface area contributed by atoms with Gasteiger partial charge in [-0.25, -0.2) is 4.98 Å². The molecule has 1 saturated carbocycles. The van der Waals surface area contributed by atoms with Gasteiger partial charge in [0.25, 0.3) is 5.56 Å². The van der Waals surface area contributed by atoms with Gasteiger partial charge in [-0.3, -0.25) is 4.79 Å². The number of halogens is 1. The van der Waals surface area contributed by atoms with Crippen LogP contribution in [0.5, 0.6) is 0 Å². The zero-order valence-corrected chi connectivity index (χ0v) is 16.9. The maximum Gasteiger partial charge on any atom is 0.282 e. The molecule has 4 nitrogen and oxygen atoms in total. The Labute approximate surface area is 167 Å². The van der Waals surface area contributed by atoms with Crippen molar-refractivity contribution >= 4 is 33.0 Å². The van der Waals surface area contributed by atoms with Crippen molar-refractivity contribution in [2.24, 2.45) is 5.10 Å². The fourth-order valence-electron chi connectivity index (χ4n) is 3.75. The fraction of sp³-hybridized carbons (Fsp3) is 0.318. The molecule has 0 aliphatic heterocycles. The summed E-state index contributed by atoms with van der Waals surface area (Å²) in [5.74, 6) is 1.08. The molecule has 27 heavy (non-hydrogen) atoms. The van der Waals surface area contributed by atoms with E-state index in [1.807, 2.05) is 49.4 Å². The third-order valence-corrected chi connectivity index (χ3v) is 5.80. The van der Waals surface area contributed by atoms with E-state index in [1.54, 1.807) is 6.21 Å². The van der Waals surface area contributed by atoms with Crippen molar-refractivity contribution < 1.29 is 0 Å². The Kier molecular flexibility index (Phi) is 5.21. The molecule has 1 aromatic heterocycles. The van der Waals surface area contributed by atoms with Crippen LogP contribution >= 0.6 is 15.9 Å². The molecule has 1 aliphatic rings. The van der Waals surface area contributed by atoms with Gasteiger partial charge >= 0.3 is 0 Å². The largest absolute Gasteiger partial charge is 0.282 e. The maximum atomic E-state index is 13.2. The number of rotatable bonds is 3. The first-order valence-electron chi connectivity index (χ1n) is 9.45. The SMILES string of the molecule is Cc1ccccc1C=Nn1c(C2CCCCC2)nc2ccc(Br)cc2c1=O. The molecule has 4 rings (SSSR count). The quantitative estimate of drug-likeness (QED) is 0.529. The molecule has 0 saturated heterocycles. The molecule has 2 aromatic carbocycles. The van der Waals surface area contributed by atoms with E-state index in [-0.39, 0.29) is 11.5 Å². The van der Waals surface area contributed by atoms with Crippen molar-refractivity contribution in [3.8, 4) is 0 Å². The Morgan fingerprint density at radius 1 is 1.15 bits per heavy atom. The number of hydrogen-bond donors (Lipinski definition) is 0. The van der Waals surface area contributed by atoms with E-state index in [0.29, 0.717) is 5.39 Å². The van der Waals surface area contributed by atoms with Crippen LogP contribution in [0.3, 0.4) is 0 Å². The van der Waals surface area contributed by atoms with Crippen LogP contribution in [-0.4, -0.2) is 15.9 Å². The molecule has 0 N–H and O–H groups in total. The summed E-state index contributed by atoms with van der Waals surface area (Å²) >= 11 is 3.46. The molecule has 138 valence electrons. The zero-order chi connectivity index (χ0) is 18.8. The Morgan fingerprint density at radius 2 is 1.93 bits per heavy atom. The van der Waals surface area contributed by atoms with Crippen molar-refractivity contribution in [2.75, 3.05) is 0 Å². The lowest BCUT2D eigenvalue weighted by Gasteiger charge is -2.22. The highest BCUT2D eigenvalue weighted by atomic mass is 79.9. The van der Waals surface area contributed by atoms with Crippen molar-refractivity contribution in [3.63, 3.8) is 0 Å². The van der Waals surface area contributed by atoms with Gasteiger partial charge in [0.15, 0.2) is 0 Å². The van der Waals surface area contributed by atoms with Gasteiger partial charge in [-0.05, 0) is 49.1 Å². The summed E-state index contributed by atoms with van der Waals surface area (Å²) in [6.07, 6.45) is 7.52. The van der Waals surface area contributed by atoms with Gasteiger partial charge in [0, 0.05) is 10.4 Å². The minimum atomic E-state index is -0.105. The van der Waals surface area contributed by atoms with Gasteiger partial charge in [0.1, 0.15) is 5.82 Å². The lowest BCUT2D eigenvalue weighted by Crippen LogP contribution is -2.25. The van der Waals surface area contributed by atoms with Crippen LogP contribution < -0.4 is 5.56 Å². The molecule has 1 aliphatic carbocycles. The van der Waals surface area contributed by atoms with Gasteiger partial charge in [-0.15, -0.1) is 0 Å². The van der Waals surface area contributed by atoms with Crippen LogP contribution in [0.1, 0.15) is 55.0 Å². The average molecular weight is 424 g/mol. The Balaban J connectivity index is 1.88. The zero-order valence-electron chi connectivity index (χ0n) is 15.4. The van der Waals surface area contributed by atoms with E-state index in [4.69, 9.17) is 4.98 Å². The van der Waals surface area contributed by atoms with E-state index >= 15 is 0 Å². The monoisotopic (exact) mass is 423 g/mol. The predicted octanol–water partition coefficient (Wildman–Crippen LogP) is 5.40. The van der Waals surface area contributed by atoms with Crippen LogP contribution in [0.4, 0.5) is 0 Å². The van der Waals surface area contributed by atoms with E-state index < -0.39 is 0 Å². The second kappa shape index (κ2) is 7.77. The fourth-order valence-corrected chi connectivity index (χ4v) is 4.12. The molecular weight excluding hydrogens is 402 g/mol. The Hall–Kier alpha value is -2.27. The number of aromatic nitrogens is 2. The standard InChI is InChI=1S/C22H22BrN3O/c1-15-7-5-6-10-17(15)14-24-26-21(16-8-3-2-4-9-16)25-20-12-11-18(23)13-19(20)22(26)27/h5-7,10-14,16H,2-4,8-9H2,1H3. The number of nitrogens with zero attached hydrogens (tertiary/aromatic N) is 3. The lowest BCUT2D eigenvalue weighted by molar-refractivity contribution is 0.416. The highest BCUT2D eigenvalue weighted by Gasteiger charge is 2.22. The summed E-state index contributed by atoms with van der Waals surface area (Å²) < 4.78 is 2.39. The Bertz CT molecular complexity index is 1060. The van der Waals surface area contributed by atoms with E-state index in [0.717, 1.165) is 39.8 Å². The molecule has 0 atom stereocenters. The number of hydrogen-bond acceptors (Lipinski definition) is 3. The van der Waals surface area contributed by atoms with E-state index in [1.165, 1.54) is 23.9 Å². The lowest BCUT2D eigenvalue weighted by atomic mass is 9.88. The first-order valence-corrected chi connectivity index (χ1v) is 10.2. The molecule has 0 spiro atoms. The van der Waals surface area contributed by atoms with E-state index in [2.05, 4.69) is 21.0 Å². The van der Waals surface area contributed by atoms with Crippen LogP contribution in [0, 0.1) is 6.92 Å². The Morgan fingerprint density at radius 3 is 2.70 bits per heavy atom. The van der Waals surface area contributed by atoms with E-state index in [9.17, 15) is 4.79 Å². The normalized spacial score (nSPS) is 15.6. The topological polar surface area (TPSA) is 47.2 Å². The number of fused-ring (bicyclic) bond motifs is 1. The summed E-state index contributed by atoms with van der Waals surface area (Å²) in [7, 11) is 0. The molecule has 1 fully saturated rings. The molecule has 5 heteroatoms. The minimum Gasteiger partial charge on any atom is -0.267 e. The summed E-state index contributed by atoms with van der Waals surface area (Å²) in [6, 6.07) is 13.7. The molecule has 0 radical (unpaired) electrons. The van der Waals surface area contributed by atoms with Crippen molar-refractivity contribution in [2.45, 2.75) is 44.9 Å². The van der Waals surface area contributed by atoms with Gasteiger partial charge in [-0.2, -0.15) is 9.78 Å². The van der Waals surface area contributed by atoms with Crippen LogP contribution in [-0.2, 0) is 0 Å². The van der Waals surface area contributed by atoms with Crippen molar-refractivity contribution in [1.29, 1.82) is 0 Å². The van der Waals surface area contributed by atoms with Crippen molar-refractivity contribution in [3.05, 3.63) is 74.2 Å².